The predicted molar refractivity (Wildman–Crippen MR) is 77.9 cm³/mol. The van der Waals surface area contributed by atoms with Crippen LogP contribution in [-0.4, -0.2) is 22.2 Å². The fourth-order valence-electron chi connectivity index (χ4n) is 2.28. The molecule has 0 bridgehead atoms. The quantitative estimate of drug-likeness (QED) is 0.780. The van der Waals surface area contributed by atoms with Crippen LogP contribution in [0.4, 0.5) is 0 Å². The van der Waals surface area contributed by atoms with Crippen molar-refractivity contribution >= 4 is 21.8 Å². The summed E-state index contributed by atoms with van der Waals surface area (Å²) < 4.78 is 0. The lowest BCUT2D eigenvalue weighted by Gasteiger charge is -2.29. The summed E-state index contributed by atoms with van der Waals surface area (Å²) in [5.74, 6) is 0.789. The Morgan fingerprint density at radius 1 is 1.33 bits per heavy atom. The van der Waals surface area contributed by atoms with Crippen molar-refractivity contribution in [2.75, 3.05) is 6.54 Å². The highest BCUT2D eigenvalue weighted by molar-refractivity contribution is 9.10. The third-order valence-corrected chi connectivity index (χ3v) is 4.33. The van der Waals surface area contributed by atoms with Crippen molar-refractivity contribution in [1.82, 2.24) is 4.90 Å². The van der Waals surface area contributed by atoms with Gasteiger partial charge in [-0.1, -0.05) is 54.0 Å². The SMILES string of the molecule is CC(C)c1ccc(CN2CCCC(Br)C2=O)cc1. The van der Waals surface area contributed by atoms with E-state index in [1.54, 1.807) is 0 Å². The zero-order valence-electron chi connectivity index (χ0n) is 11.0. The maximum absolute atomic E-state index is 12.0. The molecule has 1 aliphatic rings. The molecule has 1 amide bonds. The first-order valence-corrected chi connectivity index (χ1v) is 7.51. The molecule has 1 unspecified atom stereocenters. The fraction of sp³-hybridized carbons (Fsp3) is 0.533. The molecule has 0 aromatic heterocycles. The molecule has 18 heavy (non-hydrogen) atoms. The zero-order chi connectivity index (χ0) is 13.1. The maximum Gasteiger partial charge on any atom is 0.236 e. The largest absolute Gasteiger partial charge is 0.337 e. The molecule has 1 saturated heterocycles. The summed E-state index contributed by atoms with van der Waals surface area (Å²) in [7, 11) is 0. The molecule has 2 rings (SSSR count). The van der Waals surface area contributed by atoms with Crippen LogP contribution in [0.15, 0.2) is 24.3 Å². The number of carbonyl (C=O) groups is 1. The van der Waals surface area contributed by atoms with Gasteiger partial charge in [0.1, 0.15) is 0 Å². The number of rotatable bonds is 3. The molecule has 3 heteroatoms. The van der Waals surface area contributed by atoms with Gasteiger partial charge in [-0.05, 0) is 29.9 Å². The Kier molecular flexibility index (Phi) is 4.44. The highest BCUT2D eigenvalue weighted by Gasteiger charge is 2.26. The van der Waals surface area contributed by atoms with Gasteiger partial charge in [-0.15, -0.1) is 0 Å². The van der Waals surface area contributed by atoms with Crippen LogP contribution in [0.2, 0.25) is 0 Å². The van der Waals surface area contributed by atoms with Crippen molar-refractivity contribution in [3.05, 3.63) is 35.4 Å². The first-order valence-electron chi connectivity index (χ1n) is 6.59. The second-order valence-electron chi connectivity index (χ2n) is 5.27. The van der Waals surface area contributed by atoms with Gasteiger partial charge in [-0.2, -0.15) is 0 Å². The number of alkyl halides is 1. The summed E-state index contributed by atoms with van der Waals surface area (Å²) in [6.45, 7) is 6.00. The molecule has 0 spiro atoms. The summed E-state index contributed by atoms with van der Waals surface area (Å²) in [4.78, 5) is 14.0. The van der Waals surface area contributed by atoms with Crippen LogP contribution in [0.25, 0.3) is 0 Å². The van der Waals surface area contributed by atoms with Crippen LogP contribution in [0.5, 0.6) is 0 Å². The monoisotopic (exact) mass is 309 g/mol. The lowest BCUT2D eigenvalue weighted by Crippen LogP contribution is -2.41. The van der Waals surface area contributed by atoms with Gasteiger partial charge >= 0.3 is 0 Å². The van der Waals surface area contributed by atoms with Crippen molar-refractivity contribution in [2.24, 2.45) is 0 Å². The average Bonchev–Trinajstić information content (AvgIpc) is 2.36. The molecular formula is C15H20BrNO. The standard InChI is InChI=1S/C15H20BrNO/c1-11(2)13-7-5-12(6-8-13)10-17-9-3-4-14(16)15(17)18/h5-8,11,14H,3-4,9-10H2,1-2H3. The molecule has 1 heterocycles. The molecule has 1 aromatic carbocycles. The van der Waals surface area contributed by atoms with E-state index in [1.807, 2.05) is 4.90 Å². The molecule has 1 aliphatic heterocycles. The summed E-state index contributed by atoms with van der Waals surface area (Å²) in [6.07, 6.45) is 2.05. The van der Waals surface area contributed by atoms with Gasteiger partial charge in [0.25, 0.3) is 0 Å². The maximum atomic E-state index is 12.0. The Morgan fingerprint density at radius 2 is 2.00 bits per heavy atom. The Morgan fingerprint density at radius 3 is 2.61 bits per heavy atom. The number of halogens is 1. The number of carbonyl (C=O) groups excluding carboxylic acids is 1. The average molecular weight is 310 g/mol. The van der Waals surface area contributed by atoms with Gasteiger partial charge in [-0.25, -0.2) is 0 Å². The minimum Gasteiger partial charge on any atom is -0.337 e. The van der Waals surface area contributed by atoms with Gasteiger partial charge in [0.2, 0.25) is 5.91 Å². The van der Waals surface area contributed by atoms with Crippen LogP contribution >= 0.6 is 15.9 Å². The molecule has 1 atom stereocenters. The minimum atomic E-state index is 0.0150. The molecule has 2 nitrogen and oxygen atoms in total. The minimum absolute atomic E-state index is 0.0150. The summed E-state index contributed by atoms with van der Waals surface area (Å²) >= 11 is 3.45. The molecule has 0 aliphatic carbocycles. The Balaban J connectivity index is 2.02. The van der Waals surface area contributed by atoms with Gasteiger partial charge in [0, 0.05) is 13.1 Å². The van der Waals surface area contributed by atoms with E-state index in [0.29, 0.717) is 5.92 Å². The Bertz CT molecular complexity index is 413. The smallest absolute Gasteiger partial charge is 0.236 e. The molecule has 0 saturated carbocycles. The first kappa shape index (κ1) is 13.6. The van der Waals surface area contributed by atoms with Gasteiger partial charge in [0.05, 0.1) is 4.83 Å². The van der Waals surface area contributed by atoms with Crippen molar-refractivity contribution in [2.45, 2.75) is 44.0 Å². The van der Waals surface area contributed by atoms with E-state index in [1.165, 1.54) is 11.1 Å². The van der Waals surface area contributed by atoms with Crippen molar-refractivity contribution in [3.8, 4) is 0 Å². The Labute approximate surface area is 117 Å². The number of likely N-dealkylation sites (tertiary alicyclic amines) is 1. The van der Waals surface area contributed by atoms with E-state index in [0.717, 1.165) is 25.9 Å². The number of benzene rings is 1. The second kappa shape index (κ2) is 5.87. The van der Waals surface area contributed by atoms with E-state index in [2.05, 4.69) is 54.0 Å². The van der Waals surface area contributed by atoms with E-state index in [-0.39, 0.29) is 10.7 Å². The molecule has 0 radical (unpaired) electrons. The van der Waals surface area contributed by atoms with E-state index in [4.69, 9.17) is 0 Å². The van der Waals surface area contributed by atoms with Gasteiger partial charge in [0.15, 0.2) is 0 Å². The molecule has 98 valence electrons. The van der Waals surface area contributed by atoms with E-state index < -0.39 is 0 Å². The topological polar surface area (TPSA) is 20.3 Å². The summed E-state index contributed by atoms with van der Waals surface area (Å²) in [5.41, 5.74) is 2.57. The van der Waals surface area contributed by atoms with Crippen LogP contribution in [0, 0.1) is 0 Å². The zero-order valence-corrected chi connectivity index (χ0v) is 12.6. The number of amides is 1. The summed E-state index contributed by atoms with van der Waals surface area (Å²) in [5, 5.41) is 0. The van der Waals surface area contributed by atoms with Gasteiger partial charge in [-0.3, -0.25) is 4.79 Å². The number of nitrogens with zero attached hydrogens (tertiary/aromatic N) is 1. The molecular weight excluding hydrogens is 290 g/mol. The van der Waals surface area contributed by atoms with Crippen LogP contribution in [0.1, 0.15) is 43.7 Å². The van der Waals surface area contributed by atoms with Crippen molar-refractivity contribution in [3.63, 3.8) is 0 Å². The number of hydrogen-bond acceptors (Lipinski definition) is 1. The summed E-state index contributed by atoms with van der Waals surface area (Å²) in [6, 6.07) is 8.61. The van der Waals surface area contributed by atoms with Crippen molar-refractivity contribution < 1.29 is 4.79 Å². The third-order valence-electron chi connectivity index (χ3n) is 3.49. The molecule has 1 fully saturated rings. The predicted octanol–water partition coefficient (Wildman–Crippen LogP) is 3.70. The highest BCUT2D eigenvalue weighted by atomic mass is 79.9. The van der Waals surface area contributed by atoms with E-state index >= 15 is 0 Å². The number of piperidine rings is 1. The van der Waals surface area contributed by atoms with Crippen LogP contribution in [0.3, 0.4) is 0 Å². The highest BCUT2D eigenvalue weighted by Crippen LogP contribution is 2.21. The Hall–Kier alpha value is -0.830. The first-order chi connectivity index (χ1) is 8.58. The van der Waals surface area contributed by atoms with Crippen molar-refractivity contribution in [1.29, 1.82) is 0 Å². The lowest BCUT2D eigenvalue weighted by atomic mass is 10.0. The van der Waals surface area contributed by atoms with Crippen LogP contribution in [-0.2, 0) is 11.3 Å². The molecule has 1 aromatic rings. The fourth-order valence-corrected chi connectivity index (χ4v) is 2.89. The van der Waals surface area contributed by atoms with E-state index in [9.17, 15) is 4.79 Å². The lowest BCUT2D eigenvalue weighted by molar-refractivity contribution is -0.133. The molecule has 0 N–H and O–H groups in total. The number of hydrogen-bond donors (Lipinski definition) is 0. The third kappa shape index (κ3) is 3.14. The normalized spacial score (nSPS) is 20.6. The van der Waals surface area contributed by atoms with Gasteiger partial charge < -0.3 is 4.90 Å². The second-order valence-corrected chi connectivity index (χ2v) is 6.37. The van der Waals surface area contributed by atoms with Crippen LogP contribution < -0.4 is 0 Å².